The molecule has 2 N–H and O–H groups in total. The molecular weight excluding hydrogens is 289 g/mol. The van der Waals surface area contributed by atoms with Crippen molar-refractivity contribution in [3.63, 3.8) is 0 Å². The first kappa shape index (κ1) is 12.4. The first-order valence-electron chi connectivity index (χ1n) is 5.50. The number of amides is 1. The maximum atomic E-state index is 13.2. The van der Waals surface area contributed by atoms with Crippen LogP contribution >= 0.6 is 15.9 Å². The van der Waals surface area contributed by atoms with E-state index < -0.39 is 11.6 Å². The van der Waals surface area contributed by atoms with Gasteiger partial charge < -0.3 is 10.4 Å². The Morgan fingerprint density at radius 1 is 1.41 bits per heavy atom. The molecule has 1 fully saturated rings. The van der Waals surface area contributed by atoms with Crippen molar-refractivity contribution >= 4 is 22.0 Å². The van der Waals surface area contributed by atoms with Crippen LogP contribution in [0.1, 0.15) is 31.2 Å². The molecule has 3 nitrogen and oxygen atoms in total. The minimum Gasteiger partial charge on any atom is -0.465 e. The zero-order chi connectivity index (χ0) is 12.5. The van der Waals surface area contributed by atoms with E-state index in [4.69, 9.17) is 5.11 Å². The summed E-state index contributed by atoms with van der Waals surface area (Å²) in [5.41, 5.74) is 0.271. The maximum absolute atomic E-state index is 13.2. The number of carboxylic acid groups (broad SMARTS) is 1. The maximum Gasteiger partial charge on any atom is 0.405 e. The van der Waals surface area contributed by atoms with Gasteiger partial charge in [-0.05, 0) is 46.5 Å². The Bertz CT molecular complexity index is 444. The van der Waals surface area contributed by atoms with Gasteiger partial charge in [-0.2, -0.15) is 0 Å². The van der Waals surface area contributed by atoms with E-state index >= 15 is 0 Å². The van der Waals surface area contributed by atoms with E-state index in [2.05, 4.69) is 21.2 Å². The van der Waals surface area contributed by atoms with Crippen molar-refractivity contribution in [2.75, 3.05) is 0 Å². The first-order valence-corrected chi connectivity index (χ1v) is 6.29. The lowest BCUT2D eigenvalue weighted by atomic mass is 9.88. The van der Waals surface area contributed by atoms with E-state index in [-0.39, 0.29) is 5.82 Å². The van der Waals surface area contributed by atoms with Crippen molar-refractivity contribution in [2.45, 2.75) is 31.2 Å². The molecule has 0 bridgehead atoms. The summed E-state index contributed by atoms with van der Waals surface area (Å²) in [5.74, 6) is -0.336. The van der Waals surface area contributed by atoms with E-state index in [9.17, 15) is 9.18 Å². The average Bonchev–Trinajstić information content (AvgIpc) is 2.70. The summed E-state index contributed by atoms with van der Waals surface area (Å²) in [4.78, 5) is 10.9. The number of hydrogen-bond donors (Lipinski definition) is 2. The zero-order valence-corrected chi connectivity index (χ0v) is 10.8. The molecule has 1 aliphatic carbocycles. The van der Waals surface area contributed by atoms with Crippen molar-refractivity contribution in [3.8, 4) is 0 Å². The summed E-state index contributed by atoms with van der Waals surface area (Å²) in [6.45, 7) is 0. The van der Waals surface area contributed by atoms with Gasteiger partial charge in [0.05, 0.1) is 10.0 Å². The second-order valence-corrected chi connectivity index (χ2v) is 5.20. The molecule has 0 saturated heterocycles. The Kier molecular flexibility index (Phi) is 3.38. The van der Waals surface area contributed by atoms with E-state index in [0.29, 0.717) is 4.47 Å². The summed E-state index contributed by atoms with van der Waals surface area (Å²) in [6.07, 6.45) is 2.45. The summed E-state index contributed by atoms with van der Waals surface area (Å²) in [6, 6.07) is 4.68. The van der Waals surface area contributed by atoms with Gasteiger partial charge in [-0.3, -0.25) is 0 Å². The predicted molar refractivity (Wildman–Crippen MR) is 65.4 cm³/mol. The quantitative estimate of drug-likeness (QED) is 0.876. The van der Waals surface area contributed by atoms with E-state index in [0.717, 1.165) is 31.2 Å². The molecule has 0 aromatic heterocycles. The Labute approximate surface area is 107 Å². The first-order chi connectivity index (χ1) is 8.03. The highest BCUT2D eigenvalue weighted by Crippen LogP contribution is 2.39. The molecule has 1 aliphatic rings. The third kappa shape index (κ3) is 2.44. The molecular formula is C12H13BrFNO2. The lowest BCUT2D eigenvalue weighted by Crippen LogP contribution is -2.43. The number of hydrogen-bond acceptors (Lipinski definition) is 1. The van der Waals surface area contributed by atoms with Crippen LogP contribution in [0.15, 0.2) is 22.7 Å². The second-order valence-electron chi connectivity index (χ2n) is 4.35. The molecule has 1 amide bonds. The van der Waals surface area contributed by atoms with Crippen molar-refractivity contribution in [1.82, 2.24) is 5.32 Å². The minimum atomic E-state index is -1.03. The Balaban J connectivity index is 2.38. The normalized spacial score (nSPS) is 18.0. The lowest BCUT2D eigenvalue weighted by molar-refractivity contribution is 0.177. The van der Waals surface area contributed by atoms with Gasteiger partial charge in [0.1, 0.15) is 5.82 Å². The number of rotatable bonds is 2. The Morgan fingerprint density at radius 2 is 2.06 bits per heavy atom. The highest BCUT2D eigenvalue weighted by atomic mass is 79.9. The third-order valence-corrected chi connectivity index (χ3v) is 3.88. The number of carbonyl (C=O) groups is 1. The van der Waals surface area contributed by atoms with Gasteiger partial charge in [-0.15, -0.1) is 0 Å². The van der Waals surface area contributed by atoms with Gasteiger partial charge in [0.15, 0.2) is 0 Å². The number of nitrogens with one attached hydrogen (secondary N) is 1. The van der Waals surface area contributed by atoms with Gasteiger partial charge in [0, 0.05) is 0 Å². The molecule has 0 radical (unpaired) electrons. The molecule has 0 atom stereocenters. The van der Waals surface area contributed by atoms with Gasteiger partial charge in [-0.1, -0.05) is 18.9 Å². The van der Waals surface area contributed by atoms with Crippen molar-refractivity contribution in [3.05, 3.63) is 34.1 Å². The predicted octanol–water partition coefficient (Wildman–Crippen LogP) is 3.63. The molecule has 1 aromatic rings. The molecule has 5 heteroatoms. The molecule has 1 aromatic carbocycles. The van der Waals surface area contributed by atoms with Crippen molar-refractivity contribution in [2.24, 2.45) is 0 Å². The standard InChI is InChI=1S/C12H13BrFNO2/c13-9-7-8(3-4-10(9)14)12(15-11(16)17)5-1-2-6-12/h3-4,7,15H,1-2,5-6H2,(H,16,17). The SMILES string of the molecule is O=C(O)NC1(c2ccc(F)c(Br)c2)CCCC1. The summed E-state index contributed by atoms with van der Waals surface area (Å²) in [5, 5.41) is 11.5. The molecule has 1 saturated carbocycles. The van der Waals surface area contributed by atoms with Crippen LogP contribution < -0.4 is 5.32 Å². The second kappa shape index (κ2) is 4.64. The molecule has 0 unspecified atom stereocenters. The van der Waals surface area contributed by atoms with Gasteiger partial charge in [0.2, 0.25) is 0 Å². The van der Waals surface area contributed by atoms with E-state index in [1.165, 1.54) is 6.07 Å². The molecule has 0 aliphatic heterocycles. The molecule has 0 heterocycles. The Hall–Kier alpha value is -1.10. The lowest BCUT2D eigenvalue weighted by Gasteiger charge is -2.29. The van der Waals surface area contributed by atoms with Gasteiger partial charge in [-0.25, -0.2) is 9.18 Å². The third-order valence-electron chi connectivity index (χ3n) is 3.28. The van der Waals surface area contributed by atoms with Crippen LogP contribution in [0.25, 0.3) is 0 Å². The van der Waals surface area contributed by atoms with Crippen LogP contribution in [-0.4, -0.2) is 11.2 Å². The molecule has 0 spiro atoms. The summed E-state index contributed by atoms with van der Waals surface area (Å²) >= 11 is 3.13. The highest BCUT2D eigenvalue weighted by molar-refractivity contribution is 9.10. The monoisotopic (exact) mass is 301 g/mol. The van der Waals surface area contributed by atoms with Crippen LogP contribution in [0.3, 0.4) is 0 Å². The summed E-state index contributed by atoms with van der Waals surface area (Å²) < 4.78 is 13.6. The van der Waals surface area contributed by atoms with Gasteiger partial charge >= 0.3 is 6.09 Å². The molecule has 2 rings (SSSR count). The fourth-order valence-corrected chi connectivity index (χ4v) is 2.84. The zero-order valence-electron chi connectivity index (χ0n) is 9.17. The summed E-state index contributed by atoms with van der Waals surface area (Å²) in [7, 11) is 0. The highest BCUT2D eigenvalue weighted by Gasteiger charge is 2.37. The van der Waals surface area contributed by atoms with Crippen LogP contribution in [0.4, 0.5) is 9.18 Å². The van der Waals surface area contributed by atoms with Crippen molar-refractivity contribution in [1.29, 1.82) is 0 Å². The van der Waals surface area contributed by atoms with Crippen LogP contribution in [0.5, 0.6) is 0 Å². The largest absolute Gasteiger partial charge is 0.465 e. The fourth-order valence-electron chi connectivity index (χ4n) is 2.46. The number of halogens is 2. The van der Waals surface area contributed by atoms with E-state index in [1.807, 2.05) is 0 Å². The minimum absolute atomic E-state index is 0.336. The Morgan fingerprint density at radius 3 is 2.59 bits per heavy atom. The number of benzene rings is 1. The van der Waals surface area contributed by atoms with Crippen LogP contribution in [-0.2, 0) is 5.54 Å². The topological polar surface area (TPSA) is 49.3 Å². The van der Waals surface area contributed by atoms with Crippen LogP contribution in [0, 0.1) is 5.82 Å². The average molecular weight is 302 g/mol. The van der Waals surface area contributed by atoms with Gasteiger partial charge in [0.25, 0.3) is 0 Å². The molecule has 17 heavy (non-hydrogen) atoms. The smallest absolute Gasteiger partial charge is 0.405 e. The van der Waals surface area contributed by atoms with Crippen molar-refractivity contribution < 1.29 is 14.3 Å². The fraction of sp³-hybridized carbons (Fsp3) is 0.417. The molecule has 92 valence electrons. The van der Waals surface area contributed by atoms with E-state index in [1.54, 1.807) is 12.1 Å². The van der Waals surface area contributed by atoms with Crippen LogP contribution in [0.2, 0.25) is 0 Å².